The van der Waals surface area contributed by atoms with Gasteiger partial charge in [0.2, 0.25) is 5.91 Å². The Kier molecular flexibility index (Phi) is 6.32. The van der Waals surface area contributed by atoms with E-state index in [1.54, 1.807) is 0 Å². The summed E-state index contributed by atoms with van der Waals surface area (Å²) in [5.74, 6) is -1.14. The Morgan fingerprint density at radius 3 is 1.78 bits per heavy atom. The molecule has 0 saturated carbocycles. The van der Waals surface area contributed by atoms with Crippen LogP contribution in [0.3, 0.4) is 0 Å². The minimum atomic E-state index is -0.897. The van der Waals surface area contributed by atoms with Gasteiger partial charge in [0.05, 0.1) is 11.0 Å². The van der Waals surface area contributed by atoms with E-state index < -0.39 is 16.9 Å². The van der Waals surface area contributed by atoms with E-state index in [0.29, 0.717) is 25.7 Å². The third-order valence-electron chi connectivity index (χ3n) is 4.11. The summed E-state index contributed by atoms with van der Waals surface area (Å²) in [7, 11) is 0. The van der Waals surface area contributed by atoms with Crippen LogP contribution in [0.2, 0.25) is 0 Å². The average Bonchev–Trinajstić information content (AvgIpc) is 2.38. The van der Waals surface area contributed by atoms with Gasteiger partial charge in [-0.3, -0.25) is 9.59 Å². The predicted molar refractivity (Wildman–Crippen MR) is 71.2 cm³/mol. The van der Waals surface area contributed by atoms with Crippen LogP contribution < -0.4 is 11.1 Å². The Morgan fingerprint density at radius 2 is 1.50 bits per heavy atom. The van der Waals surface area contributed by atoms with Crippen LogP contribution >= 0.6 is 0 Å². The predicted octanol–water partition coefficient (Wildman–Crippen LogP) is 1.51. The molecule has 5 nitrogen and oxygen atoms in total. The molecule has 0 aromatic heterocycles. The molecule has 0 rings (SSSR count). The van der Waals surface area contributed by atoms with Crippen molar-refractivity contribution in [2.75, 3.05) is 6.54 Å². The molecule has 0 fully saturated rings. The fourth-order valence-electron chi connectivity index (χ4n) is 1.87. The number of nitrogens with two attached hydrogens (primary N) is 1. The Hall–Kier alpha value is -1.10. The maximum absolute atomic E-state index is 12.0. The fourth-order valence-corrected chi connectivity index (χ4v) is 1.87. The number of carbonyl (C=O) groups excluding carboxylic acids is 1. The first-order valence-corrected chi connectivity index (χ1v) is 6.62. The van der Waals surface area contributed by atoms with Gasteiger partial charge in [-0.2, -0.15) is 0 Å². The molecule has 4 N–H and O–H groups in total. The number of nitrogens with one attached hydrogen (secondary N) is 1. The lowest BCUT2D eigenvalue weighted by Crippen LogP contribution is -2.55. The van der Waals surface area contributed by atoms with Crippen molar-refractivity contribution < 1.29 is 14.7 Å². The van der Waals surface area contributed by atoms with Crippen LogP contribution in [0.5, 0.6) is 0 Å². The van der Waals surface area contributed by atoms with E-state index in [1.807, 2.05) is 27.7 Å². The highest BCUT2D eigenvalue weighted by atomic mass is 16.4. The van der Waals surface area contributed by atoms with Crippen molar-refractivity contribution in [1.29, 1.82) is 0 Å². The summed E-state index contributed by atoms with van der Waals surface area (Å²) < 4.78 is 0. The van der Waals surface area contributed by atoms with Crippen molar-refractivity contribution in [2.45, 2.75) is 58.9 Å². The van der Waals surface area contributed by atoms with E-state index in [2.05, 4.69) is 5.32 Å². The summed E-state index contributed by atoms with van der Waals surface area (Å²) in [5.41, 5.74) is 4.18. The molecule has 0 unspecified atom stereocenters. The highest BCUT2D eigenvalue weighted by Crippen LogP contribution is 2.26. The third kappa shape index (κ3) is 3.45. The second-order valence-corrected chi connectivity index (χ2v) is 4.84. The largest absolute Gasteiger partial charge is 0.481 e. The van der Waals surface area contributed by atoms with E-state index in [-0.39, 0.29) is 12.5 Å². The molecular weight excluding hydrogens is 232 g/mol. The first-order chi connectivity index (χ1) is 8.31. The van der Waals surface area contributed by atoms with Gasteiger partial charge < -0.3 is 16.2 Å². The number of hydrogen-bond donors (Lipinski definition) is 3. The highest BCUT2D eigenvalue weighted by Gasteiger charge is 2.37. The Balaban J connectivity index is 4.74. The zero-order valence-electron chi connectivity index (χ0n) is 11.9. The minimum absolute atomic E-state index is 0.132. The number of amides is 1. The summed E-state index contributed by atoms with van der Waals surface area (Å²) in [6, 6.07) is 0. The molecule has 5 heteroatoms. The number of carboxylic acid groups (broad SMARTS) is 1. The quantitative estimate of drug-likeness (QED) is 0.615. The van der Waals surface area contributed by atoms with Gasteiger partial charge in [-0.25, -0.2) is 0 Å². The van der Waals surface area contributed by atoms with Crippen LogP contribution in [0.4, 0.5) is 0 Å². The van der Waals surface area contributed by atoms with Gasteiger partial charge in [-0.1, -0.05) is 27.7 Å². The molecule has 0 aliphatic heterocycles. The van der Waals surface area contributed by atoms with Gasteiger partial charge >= 0.3 is 5.97 Å². The molecule has 0 atom stereocenters. The zero-order chi connectivity index (χ0) is 14.4. The topological polar surface area (TPSA) is 92.4 Å². The van der Waals surface area contributed by atoms with Crippen molar-refractivity contribution in [3.05, 3.63) is 0 Å². The van der Waals surface area contributed by atoms with E-state index in [4.69, 9.17) is 5.73 Å². The maximum Gasteiger partial charge on any atom is 0.311 e. The van der Waals surface area contributed by atoms with Crippen LogP contribution in [-0.2, 0) is 9.59 Å². The van der Waals surface area contributed by atoms with Crippen LogP contribution in [0, 0.1) is 5.41 Å². The number of aliphatic carboxylic acids is 1. The first-order valence-electron chi connectivity index (χ1n) is 6.62. The minimum Gasteiger partial charge on any atom is -0.481 e. The van der Waals surface area contributed by atoms with Crippen molar-refractivity contribution in [1.82, 2.24) is 5.32 Å². The lowest BCUT2D eigenvalue weighted by atomic mass is 9.82. The molecule has 0 aromatic rings. The molecule has 0 aliphatic rings. The molecule has 18 heavy (non-hydrogen) atoms. The standard InChI is InChI=1S/C13H26N2O3/c1-5-12(6-2,11(17)18)9-15-10(16)13(14,7-3)8-4/h5-9,14H2,1-4H3,(H,15,16)(H,17,18). The highest BCUT2D eigenvalue weighted by molar-refractivity contribution is 5.86. The molecule has 0 spiro atoms. The molecular formula is C13H26N2O3. The number of hydrogen-bond acceptors (Lipinski definition) is 3. The van der Waals surface area contributed by atoms with Crippen molar-refractivity contribution in [3.63, 3.8) is 0 Å². The van der Waals surface area contributed by atoms with Gasteiger partial charge in [0.15, 0.2) is 0 Å². The molecule has 1 amide bonds. The van der Waals surface area contributed by atoms with E-state index >= 15 is 0 Å². The van der Waals surface area contributed by atoms with Crippen LogP contribution in [0.1, 0.15) is 53.4 Å². The molecule has 106 valence electrons. The lowest BCUT2D eigenvalue weighted by molar-refractivity contribution is -0.149. The van der Waals surface area contributed by atoms with Crippen LogP contribution in [0.25, 0.3) is 0 Å². The van der Waals surface area contributed by atoms with Gasteiger partial charge in [0.1, 0.15) is 0 Å². The monoisotopic (exact) mass is 258 g/mol. The second-order valence-electron chi connectivity index (χ2n) is 4.84. The second kappa shape index (κ2) is 6.73. The third-order valence-corrected chi connectivity index (χ3v) is 4.11. The number of carbonyl (C=O) groups is 2. The SMILES string of the molecule is CCC(N)(CC)C(=O)NCC(CC)(CC)C(=O)O. The zero-order valence-corrected chi connectivity index (χ0v) is 11.9. The van der Waals surface area contributed by atoms with Gasteiger partial charge in [0, 0.05) is 6.54 Å². The molecule has 0 aromatic carbocycles. The summed E-state index contributed by atoms with van der Waals surface area (Å²) >= 11 is 0. The number of rotatable bonds is 8. The van der Waals surface area contributed by atoms with E-state index in [1.165, 1.54) is 0 Å². The van der Waals surface area contributed by atoms with Crippen molar-refractivity contribution >= 4 is 11.9 Å². The van der Waals surface area contributed by atoms with Gasteiger partial charge in [-0.15, -0.1) is 0 Å². The van der Waals surface area contributed by atoms with E-state index in [0.717, 1.165) is 0 Å². The smallest absolute Gasteiger partial charge is 0.311 e. The molecule has 0 saturated heterocycles. The summed E-state index contributed by atoms with van der Waals surface area (Å²) in [6.07, 6.45) is 2.03. The fraction of sp³-hybridized carbons (Fsp3) is 0.846. The number of carboxylic acids is 1. The molecule has 0 aliphatic carbocycles. The normalized spacial score (nSPS) is 12.3. The Morgan fingerprint density at radius 1 is 1.06 bits per heavy atom. The van der Waals surface area contributed by atoms with Gasteiger partial charge in [0.25, 0.3) is 0 Å². The lowest BCUT2D eigenvalue weighted by Gasteiger charge is -2.30. The average molecular weight is 258 g/mol. The van der Waals surface area contributed by atoms with E-state index in [9.17, 15) is 14.7 Å². The summed E-state index contributed by atoms with van der Waals surface area (Å²) in [6.45, 7) is 7.48. The summed E-state index contributed by atoms with van der Waals surface area (Å²) in [5, 5.41) is 12.0. The van der Waals surface area contributed by atoms with Crippen molar-refractivity contribution in [3.8, 4) is 0 Å². The van der Waals surface area contributed by atoms with Gasteiger partial charge in [-0.05, 0) is 25.7 Å². The van der Waals surface area contributed by atoms with Crippen LogP contribution in [-0.4, -0.2) is 29.1 Å². The first kappa shape index (κ1) is 16.9. The Bertz CT molecular complexity index is 295. The molecule has 0 radical (unpaired) electrons. The Labute approximate surface area is 109 Å². The molecule has 0 bridgehead atoms. The maximum atomic E-state index is 12.0. The van der Waals surface area contributed by atoms with Crippen molar-refractivity contribution in [2.24, 2.45) is 11.1 Å². The molecule has 0 heterocycles. The summed E-state index contributed by atoms with van der Waals surface area (Å²) in [4.78, 5) is 23.3. The van der Waals surface area contributed by atoms with Crippen LogP contribution in [0.15, 0.2) is 0 Å².